The Bertz CT molecular complexity index is 2070. The maximum atomic E-state index is 15.2. The average molecular weight is 690 g/mol. The molecule has 2 heterocycles. The van der Waals surface area contributed by atoms with Crippen molar-refractivity contribution in [3.05, 3.63) is 87.7 Å². The summed E-state index contributed by atoms with van der Waals surface area (Å²) in [6.07, 6.45) is 3.00. The summed E-state index contributed by atoms with van der Waals surface area (Å²) >= 11 is 0. The molecule has 4 aromatic rings. The molecule has 4 aliphatic rings. The topological polar surface area (TPSA) is 119 Å². The van der Waals surface area contributed by atoms with E-state index < -0.39 is 23.3 Å². The van der Waals surface area contributed by atoms with Gasteiger partial charge in [-0.15, -0.1) is 0 Å². The van der Waals surface area contributed by atoms with Gasteiger partial charge in [0.05, 0.1) is 17.4 Å². The molecule has 5 atom stereocenters. The molecule has 1 saturated carbocycles. The number of benzene rings is 3. The van der Waals surface area contributed by atoms with E-state index in [0.717, 1.165) is 52.7 Å². The Labute approximate surface area is 297 Å². The lowest BCUT2D eigenvalue weighted by molar-refractivity contribution is -0.142. The van der Waals surface area contributed by atoms with E-state index in [9.17, 15) is 14.4 Å². The summed E-state index contributed by atoms with van der Waals surface area (Å²) in [5.74, 6) is -1.81. The minimum absolute atomic E-state index is 0.0699. The highest BCUT2D eigenvalue weighted by atomic mass is 16.5. The number of carbonyl (C=O) groups excluding carboxylic acids is 4. The Kier molecular flexibility index (Phi) is 8.42. The Hall–Kier alpha value is -4.67. The predicted molar refractivity (Wildman–Crippen MR) is 189 cm³/mol. The van der Waals surface area contributed by atoms with Gasteiger partial charge in [-0.25, -0.2) is 0 Å². The number of Topliss-reactive ketones (excluding diaryl/α,β-unsaturated/α-hetero) is 3. The molecule has 2 fully saturated rings. The number of fused-ring (bicyclic) bond motifs is 5. The summed E-state index contributed by atoms with van der Waals surface area (Å²) in [5, 5.41) is 5.96. The number of ether oxygens (including phenoxy) is 2. The fourth-order valence-corrected chi connectivity index (χ4v) is 9.53. The molecule has 0 amide bonds. The number of aromatic nitrogens is 1. The smallest absolute Gasteiger partial charge is 0.265 e. The lowest BCUT2D eigenvalue weighted by Gasteiger charge is -2.53. The second kappa shape index (κ2) is 12.8. The third-order valence-electron chi connectivity index (χ3n) is 12.0. The molecule has 3 aromatic carbocycles. The standard InChI is InChI=1S/C41H43N3O7/c1-5-41-30(34(43(3)4)37-33(39(41)48)40(42-51-37)50-22-24-10-7-6-8-11-24)20-26-19-29-31(35(46)32(26)38(41)47)23(2)28-18-25(21-44-14-9-15-44)12-13-27(28)36(29)49-17-16-45/h6-8,10-13,16,18,26,30,32,34H,5,9,14-15,17,19-22H2,1-4H3. The number of carbonyl (C=O) groups is 4. The minimum atomic E-state index is -1.46. The van der Waals surface area contributed by atoms with Crippen LogP contribution in [0.15, 0.2) is 53.1 Å². The van der Waals surface area contributed by atoms with Gasteiger partial charge < -0.3 is 14.0 Å². The van der Waals surface area contributed by atoms with Crippen LogP contribution in [0.4, 0.5) is 0 Å². The van der Waals surface area contributed by atoms with Crippen molar-refractivity contribution in [2.45, 2.75) is 58.7 Å². The van der Waals surface area contributed by atoms with Crippen LogP contribution in [0.1, 0.15) is 81.0 Å². The fraction of sp³-hybridized carbons (Fsp3) is 0.439. The largest absolute Gasteiger partial charge is 0.485 e. The van der Waals surface area contributed by atoms with Crippen LogP contribution in [-0.2, 0) is 29.2 Å². The van der Waals surface area contributed by atoms with Crippen LogP contribution in [0.25, 0.3) is 10.8 Å². The quantitative estimate of drug-likeness (QED) is 0.146. The van der Waals surface area contributed by atoms with Gasteiger partial charge in [0.2, 0.25) is 0 Å². The van der Waals surface area contributed by atoms with Gasteiger partial charge >= 0.3 is 0 Å². The number of hydrogen-bond donors (Lipinski definition) is 0. The first kappa shape index (κ1) is 33.5. The molecule has 264 valence electrons. The summed E-state index contributed by atoms with van der Waals surface area (Å²) in [6.45, 7) is 6.76. The number of nitrogens with zero attached hydrogens (tertiary/aromatic N) is 3. The van der Waals surface area contributed by atoms with Gasteiger partial charge in [-0.05, 0) is 99.0 Å². The molecule has 5 unspecified atom stereocenters. The van der Waals surface area contributed by atoms with Gasteiger partial charge in [0.1, 0.15) is 24.5 Å². The number of hydrogen-bond acceptors (Lipinski definition) is 10. The van der Waals surface area contributed by atoms with E-state index in [1.54, 1.807) is 0 Å². The molecule has 1 aromatic heterocycles. The highest BCUT2D eigenvalue weighted by Crippen LogP contribution is 2.61. The van der Waals surface area contributed by atoms with Crippen molar-refractivity contribution >= 4 is 34.4 Å². The van der Waals surface area contributed by atoms with Gasteiger partial charge in [0, 0.05) is 29.0 Å². The third-order valence-corrected chi connectivity index (χ3v) is 12.0. The van der Waals surface area contributed by atoms with Crippen molar-refractivity contribution in [3.8, 4) is 11.6 Å². The molecule has 0 N–H and O–H groups in total. The van der Waals surface area contributed by atoms with Gasteiger partial charge in [0.25, 0.3) is 5.88 Å². The van der Waals surface area contributed by atoms with Crippen molar-refractivity contribution in [3.63, 3.8) is 0 Å². The Morgan fingerprint density at radius 2 is 1.80 bits per heavy atom. The van der Waals surface area contributed by atoms with E-state index in [4.69, 9.17) is 14.0 Å². The van der Waals surface area contributed by atoms with Crippen molar-refractivity contribution in [1.82, 2.24) is 15.0 Å². The van der Waals surface area contributed by atoms with Crippen molar-refractivity contribution in [2.75, 3.05) is 33.8 Å². The fourth-order valence-electron chi connectivity index (χ4n) is 9.53. The summed E-state index contributed by atoms with van der Waals surface area (Å²) in [4.78, 5) is 60.9. The first-order valence-corrected chi connectivity index (χ1v) is 18.0. The van der Waals surface area contributed by atoms with Gasteiger partial charge in [0.15, 0.2) is 29.4 Å². The lowest BCUT2D eigenvalue weighted by atomic mass is 9.48. The molecule has 10 heteroatoms. The first-order chi connectivity index (χ1) is 24.7. The maximum absolute atomic E-state index is 15.2. The van der Waals surface area contributed by atoms with Gasteiger partial charge in [-0.2, -0.15) is 0 Å². The van der Waals surface area contributed by atoms with Crippen LogP contribution in [0.5, 0.6) is 11.6 Å². The zero-order chi connectivity index (χ0) is 35.6. The number of aryl methyl sites for hydroxylation is 1. The maximum Gasteiger partial charge on any atom is 0.265 e. The summed E-state index contributed by atoms with van der Waals surface area (Å²) in [6, 6.07) is 15.4. The summed E-state index contributed by atoms with van der Waals surface area (Å²) < 4.78 is 18.1. The van der Waals surface area contributed by atoms with Crippen LogP contribution in [0.3, 0.4) is 0 Å². The molecule has 0 spiro atoms. The van der Waals surface area contributed by atoms with Crippen molar-refractivity contribution < 1.29 is 33.2 Å². The molecule has 10 nitrogen and oxygen atoms in total. The summed E-state index contributed by atoms with van der Waals surface area (Å²) in [7, 11) is 3.82. The molecule has 1 aliphatic heterocycles. The van der Waals surface area contributed by atoms with E-state index in [2.05, 4.69) is 22.2 Å². The monoisotopic (exact) mass is 689 g/mol. The van der Waals surface area contributed by atoms with Crippen molar-refractivity contribution in [2.24, 2.45) is 23.2 Å². The lowest BCUT2D eigenvalue weighted by Crippen LogP contribution is -2.61. The number of likely N-dealkylation sites (tertiary alicyclic amines) is 1. The minimum Gasteiger partial charge on any atom is -0.485 e. The Morgan fingerprint density at radius 3 is 2.49 bits per heavy atom. The molecule has 0 radical (unpaired) electrons. The molecule has 8 rings (SSSR count). The Balaban J connectivity index is 1.23. The number of aldehydes is 1. The van der Waals surface area contributed by atoms with E-state index in [1.165, 1.54) is 6.42 Å². The van der Waals surface area contributed by atoms with Gasteiger partial charge in [-0.1, -0.05) is 49.4 Å². The van der Waals surface area contributed by atoms with Crippen LogP contribution in [0.2, 0.25) is 0 Å². The van der Waals surface area contributed by atoms with Crippen LogP contribution in [0, 0.1) is 30.1 Å². The predicted octanol–water partition coefficient (Wildman–Crippen LogP) is 5.95. The molecule has 1 saturated heterocycles. The second-order valence-electron chi connectivity index (χ2n) is 14.9. The zero-order valence-corrected chi connectivity index (χ0v) is 29.6. The summed E-state index contributed by atoms with van der Waals surface area (Å²) in [5.41, 5.74) is 2.78. The first-order valence-electron chi connectivity index (χ1n) is 18.0. The SMILES string of the molecule is CCC12C(=O)c3c(OCc4ccccc4)noc3C(N(C)C)C1CC1Cc3c(c(C)c4cc(CN5CCC5)ccc4c3OCC=O)C(=O)C1C2=O. The van der Waals surface area contributed by atoms with E-state index in [0.29, 0.717) is 36.2 Å². The average Bonchev–Trinajstić information content (AvgIpc) is 3.53. The molecule has 3 aliphatic carbocycles. The van der Waals surface area contributed by atoms with Crippen LogP contribution < -0.4 is 9.47 Å². The molecular weight excluding hydrogens is 646 g/mol. The molecule has 0 bridgehead atoms. The number of ketones is 3. The highest BCUT2D eigenvalue weighted by molar-refractivity contribution is 6.25. The normalized spacial score (nSPS) is 25.5. The number of rotatable bonds is 10. The van der Waals surface area contributed by atoms with Gasteiger partial charge in [-0.3, -0.25) is 29.0 Å². The van der Waals surface area contributed by atoms with Crippen LogP contribution in [-0.4, -0.2) is 72.4 Å². The highest BCUT2D eigenvalue weighted by Gasteiger charge is 2.66. The third kappa shape index (κ3) is 5.09. The molecular formula is C41H43N3O7. The van der Waals surface area contributed by atoms with Crippen molar-refractivity contribution in [1.29, 1.82) is 0 Å². The second-order valence-corrected chi connectivity index (χ2v) is 14.9. The Morgan fingerprint density at radius 1 is 1.02 bits per heavy atom. The van der Waals surface area contributed by atoms with E-state index in [-0.39, 0.29) is 54.3 Å². The zero-order valence-electron chi connectivity index (χ0n) is 29.6. The van der Waals surface area contributed by atoms with E-state index >= 15 is 4.79 Å². The van der Waals surface area contributed by atoms with E-state index in [1.807, 2.05) is 69.2 Å². The molecule has 51 heavy (non-hydrogen) atoms. The van der Waals surface area contributed by atoms with Crippen LogP contribution >= 0.6 is 0 Å².